The third kappa shape index (κ3) is 1.94. The number of rotatable bonds is 4. The maximum atomic E-state index is 4.40. The highest BCUT2D eigenvalue weighted by Gasteiger charge is 2.27. The molecule has 0 saturated heterocycles. The Balaban J connectivity index is 2.13. The Morgan fingerprint density at radius 2 is 2.27 bits per heavy atom. The van der Waals surface area contributed by atoms with Gasteiger partial charge in [-0.2, -0.15) is 0 Å². The fraction of sp³-hybridized carbons (Fsp3) is 0.538. The molecule has 2 nitrogen and oxygen atoms in total. The van der Waals surface area contributed by atoms with Crippen molar-refractivity contribution in [3.63, 3.8) is 0 Å². The van der Waals surface area contributed by atoms with Gasteiger partial charge in [-0.3, -0.25) is 0 Å². The lowest BCUT2D eigenvalue weighted by Gasteiger charge is -2.21. The van der Waals surface area contributed by atoms with Crippen molar-refractivity contribution >= 4 is 12.1 Å². The van der Waals surface area contributed by atoms with Crippen LogP contribution in [-0.4, -0.2) is 12.1 Å². The molecule has 0 amide bonds. The maximum Gasteiger partial charge on any atom is 0.139 e. The van der Waals surface area contributed by atoms with E-state index in [-0.39, 0.29) is 0 Å². The minimum absolute atomic E-state index is 0.367. The van der Waals surface area contributed by atoms with Crippen LogP contribution in [0.3, 0.4) is 0 Å². The molecule has 15 heavy (non-hydrogen) atoms. The van der Waals surface area contributed by atoms with Crippen LogP contribution in [0.4, 0.5) is 0 Å². The molecule has 0 N–H and O–H groups in total. The molecule has 0 fully saturated rings. The van der Waals surface area contributed by atoms with Gasteiger partial charge in [-0.25, -0.2) is 9.98 Å². The smallest absolute Gasteiger partial charge is 0.139 e. The van der Waals surface area contributed by atoms with Gasteiger partial charge in [-0.1, -0.05) is 26.3 Å². The van der Waals surface area contributed by atoms with E-state index in [0.717, 1.165) is 5.84 Å². The molecule has 2 aliphatic heterocycles. The lowest BCUT2D eigenvalue weighted by molar-refractivity contribution is 0.515. The minimum Gasteiger partial charge on any atom is -0.240 e. The van der Waals surface area contributed by atoms with E-state index in [4.69, 9.17) is 0 Å². The van der Waals surface area contributed by atoms with Crippen LogP contribution in [0.15, 0.2) is 33.9 Å². The first-order valence-corrected chi connectivity index (χ1v) is 5.85. The fourth-order valence-corrected chi connectivity index (χ4v) is 2.36. The summed E-state index contributed by atoms with van der Waals surface area (Å²) >= 11 is 0. The van der Waals surface area contributed by atoms with E-state index in [1.54, 1.807) is 0 Å². The maximum absolute atomic E-state index is 4.40. The van der Waals surface area contributed by atoms with Gasteiger partial charge >= 0.3 is 0 Å². The highest BCUT2D eigenvalue weighted by Crippen LogP contribution is 2.33. The second kappa shape index (κ2) is 4.56. The van der Waals surface area contributed by atoms with Crippen LogP contribution in [0.25, 0.3) is 0 Å². The molecule has 0 spiro atoms. The summed E-state index contributed by atoms with van der Waals surface area (Å²) in [4.78, 5) is 8.70. The monoisotopic (exact) mass is 202 g/mol. The van der Waals surface area contributed by atoms with Crippen molar-refractivity contribution in [2.24, 2.45) is 21.8 Å². The SMILES string of the molecule is CCCC(CC)C1=CN=C2N=CC=CC12. The molecule has 0 saturated carbocycles. The summed E-state index contributed by atoms with van der Waals surface area (Å²) in [5.41, 5.74) is 1.46. The lowest BCUT2D eigenvalue weighted by Crippen LogP contribution is -2.17. The van der Waals surface area contributed by atoms with Crippen LogP contribution < -0.4 is 0 Å². The van der Waals surface area contributed by atoms with E-state index in [9.17, 15) is 0 Å². The molecule has 2 heteroatoms. The predicted molar refractivity (Wildman–Crippen MR) is 65.3 cm³/mol. The average Bonchev–Trinajstić information content (AvgIpc) is 2.70. The topological polar surface area (TPSA) is 24.7 Å². The number of hydrogen-bond donors (Lipinski definition) is 0. The zero-order valence-corrected chi connectivity index (χ0v) is 9.48. The molecular formula is C13H18N2. The van der Waals surface area contributed by atoms with Crippen molar-refractivity contribution in [2.45, 2.75) is 33.1 Å². The fourth-order valence-electron chi connectivity index (χ4n) is 2.36. The Hall–Kier alpha value is -1.18. The summed E-state index contributed by atoms with van der Waals surface area (Å²) in [6, 6.07) is 0. The van der Waals surface area contributed by atoms with E-state index in [1.807, 2.05) is 18.5 Å². The molecule has 2 aliphatic rings. The van der Waals surface area contributed by atoms with Crippen LogP contribution in [0, 0.1) is 11.8 Å². The van der Waals surface area contributed by atoms with Crippen molar-refractivity contribution in [3.05, 3.63) is 23.9 Å². The van der Waals surface area contributed by atoms with E-state index in [1.165, 1.54) is 24.8 Å². The third-order valence-electron chi connectivity index (χ3n) is 3.18. The van der Waals surface area contributed by atoms with Crippen LogP contribution in [0.2, 0.25) is 0 Å². The second-order valence-electron chi connectivity index (χ2n) is 4.15. The minimum atomic E-state index is 0.367. The van der Waals surface area contributed by atoms with Crippen LogP contribution >= 0.6 is 0 Å². The van der Waals surface area contributed by atoms with Gasteiger partial charge in [-0.05, 0) is 30.4 Å². The van der Waals surface area contributed by atoms with Gasteiger partial charge in [0.05, 0.1) is 5.92 Å². The van der Waals surface area contributed by atoms with Gasteiger partial charge in [0.15, 0.2) is 0 Å². The molecule has 0 aromatic carbocycles. The van der Waals surface area contributed by atoms with E-state index < -0.39 is 0 Å². The average molecular weight is 202 g/mol. The number of aliphatic imine (C=N–C) groups is 2. The second-order valence-corrected chi connectivity index (χ2v) is 4.15. The summed E-state index contributed by atoms with van der Waals surface area (Å²) < 4.78 is 0. The van der Waals surface area contributed by atoms with Crippen LogP contribution in [-0.2, 0) is 0 Å². The number of nitrogens with zero attached hydrogens (tertiary/aromatic N) is 2. The molecule has 2 rings (SSSR count). The highest BCUT2D eigenvalue weighted by atomic mass is 14.9. The highest BCUT2D eigenvalue weighted by molar-refractivity contribution is 6.01. The van der Waals surface area contributed by atoms with Gasteiger partial charge in [0.2, 0.25) is 0 Å². The zero-order valence-electron chi connectivity index (χ0n) is 9.48. The summed E-state index contributed by atoms with van der Waals surface area (Å²) in [5.74, 6) is 2.02. The quantitative estimate of drug-likeness (QED) is 0.667. The van der Waals surface area contributed by atoms with Crippen molar-refractivity contribution in [1.82, 2.24) is 0 Å². The Morgan fingerprint density at radius 3 is 3.00 bits per heavy atom. The van der Waals surface area contributed by atoms with Gasteiger partial charge in [-0.15, -0.1) is 0 Å². The van der Waals surface area contributed by atoms with Crippen LogP contribution in [0.1, 0.15) is 33.1 Å². The van der Waals surface area contributed by atoms with Crippen molar-refractivity contribution in [3.8, 4) is 0 Å². The molecule has 2 unspecified atom stereocenters. The Kier molecular flexibility index (Phi) is 3.14. The molecule has 0 aromatic rings. The Bertz CT molecular complexity index is 348. The molecule has 0 aliphatic carbocycles. The first kappa shape index (κ1) is 10.3. The molecule has 0 bridgehead atoms. The summed E-state index contributed by atoms with van der Waals surface area (Å²) in [6.07, 6.45) is 11.8. The largest absolute Gasteiger partial charge is 0.240 e. The van der Waals surface area contributed by atoms with Gasteiger partial charge < -0.3 is 0 Å². The molecule has 80 valence electrons. The van der Waals surface area contributed by atoms with Crippen molar-refractivity contribution in [1.29, 1.82) is 0 Å². The third-order valence-corrected chi connectivity index (χ3v) is 3.18. The normalized spacial score (nSPS) is 24.8. The number of amidine groups is 1. The van der Waals surface area contributed by atoms with Crippen molar-refractivity contribution in [2.75, 3.05) is 0 Å². The van der Waals surface area contributed by atoms with E-state index in [0.29, 0.717) is 11.8 Å². The molecule has 2 heterocycles. The Labute approximate surface area is 91.5 Å². The first-order valence-electron chi connectivity index (χ1n) is 5.85. The van der Waals surface area contributed by atoms with Gasteiger partial charge in [0.25, 0.3) is 0 Å². The number of dihydropyridines is 1. The first-order chi connectivity index (χ1) is 7.36. The predicted octanol–water partition coefficient (Wildman–Crippen LogP) is 3.37. The van der Waals surface area contributed by atoms with Crippen molar-refractivity contribution < 1.29 is 0 Å². The summed E-state index contributed by atoms with van der Waals surface area (Å²) in [7, 11) is 0. The van der Waals surface area contributed by atoms with Gasteiger partial charge in [0.1, 0.15) is 5.84 Å². The molecule has 2 atom stereocenters. The summed E-state index contributed by atoms with van der Waals surface area (Å²) in [5, 5.41) is 0. The number of allylic oxidation sites excluding steroid dienone is 1. The Morgan fingerprint density at radius 1 is 1.40 bits per heavy atom. The standard InChI is InChI=1S/C13H18N2/c1-3-6-10(4-2)12-9-15-13-11(12)7-5-8-14-13/h5,7-11H,3-4,6H2,1-2H3. The number of hydrogen-bond acceptors (Lipinski definition) is 2. The zero-order chi connectivity index (χ0) is 10.7. The van der Waals surface area contributed by atoms with E-state index in [2.05, 4.69) is 29.9 Å². The summed E-state index contributed by atoms with van der Waals surface area (Å²) in [6.45, 7) is 4.50. The van der Waals surface area contributed by atoms with Crippen LogP contribution in [0.5, 0.6) is 0 Å². The van der Waals surface area contributed by atoms with E-state index >= 15 is 0 Å². The molecule has 0 aromatic heterocycles. The molecular weight excluding hydrogens is 184 g/mol. The lowest BCUT2D eigenvalue weighted by atomic mass is 9.84. The number of fused-ring (bicyclic) bond motifs is 1. The molecule has 0 radical (unpaired) electrons. The van der Waals surface area contributed by atoms with Gasteiger partial charge in [0, 0.05) is 12.4 Å².